The molecule has 2 rings (SSSR count). The summed E-state index contributed by atoms with van der Waals surface area (Å²) in [4.78, 5) is 18.1. The van der Waals surface area contributed by atoms with E-state index in [1.54, 1.807) is 6.07 Å². The van der Waals surface area contributed by atoms with Gasteiger partial charge in [0.25, 0.3) is 5.91 Å². The fraction of sp³-hybridized carbons (Fsp3) is 0.133. The summed E-state index contributed by atoms with van der Waals surface area (Å²) in [5, 5.41) is 8.73. The molecule has 1 aromatic carbocycles. The van der Waals surface area contributed by atoms with Crippen LogP contribution in [-0.4, -0.2) is 17.4 Å². The number of amides is 1. The Hall–Kier alpha value is -2.87. The number of anilines is 2. The molecule has 20 heavy (non-hydrogen) atoms. The largest absolute Gasteiger partial charge is 0.399 e. The molecule has 0 unspecified atom stereocenters. The molecule has 5 nitrogen and oxygen atoms in total. The van der Waals surface area contributed by atoms with Gasteiger partial charge in [0.1, 0.15) is 5.69 Å². The Morgan fingerprint density at radius 3 is 2.70 bits per heavy atom. The van der Waals surface area contributed by atoms with E-state index in [2.05, 4.69) is 4.98 Å². The van der Waals surface area contributed by atoms with E-state index in [9.17, 15) is 4.79 Å². The molecule has 0 aliphatic carbocycles. The molecule has 0 radical (unpaired) electrons. The Bertz CT molecular complexity index is 634. The normalized spacial score (nSPS) is 9.75. The molecular formula is C15H14N4O. The second-order valence-electron chi connectivity index (χ2n) is 4.17. The molecule has 0 bridgehead atoms. The van der Waals surface area contributed by atoms with Crippen molar-refractivity contribution in [1.82, 2.24) is 4.98 Å². The third-order valence-corrected chi connectivity index (χ3v) is 2.76. The van der Waals surface area contributed by atoms with Crippen molar-refractivity contribution in [3.8, 4) is 6.07 Å². The van der Waals surface area contributed by atoms with Crippen LogP contribution in [0.5, 0.6) is 0 Å². The second-order valence-corrected chi connectivity index (χ2v) is 4.17. The van der Waals surface area contributed by atoms with E-state index in [4.69, 9.17) is 11.0 Å². The minimum atomic E-state index is -0.265. The zero-order valence-electron chi connectivity index (χ0n) is 10.9. The Kier molecular flexibility index (Phi) is 4.30. The predicted molar refractivity (Wildman–Crippen MR) is 77.0 cm³/mol. The van der Waals surface area contributed by atoms with Crippen LogP contribution in [0.2, 0.25) is 0 Å². The molecule has 2 N–H and O–H groups in total. The first-order valence-corrected chi connectivity index (χ1v) is 6.18. The summed E-state index contributed by atoms with van der Waals surface area (Å²) in [6.45, 7) is 0.315. The zero-order chi connectivity index (χ0) is 14.4. The van der Waals surface area contributed by atoms with Crippen molar-refractivity contribution >= 4 is 17.3 Å². The molecule has 0 atom stereocenters. The van der Waals surface area contributed by atoms with E-state index in [1.807, 2.05) is 36.4 Å². The highest BCUT2D eigenvalue weighted by Gasteiger charge is 2.18. The Labute approximate surface area is 117 Å². The highest BCUT2D eigenvalue weighted by atomic mass is 16.2. The summed E-state index contributed by atoms with van der Waals surface area (Å²) in [6, 6.07) is 14.4. The maximum atomic E-state index is 12.5. The number of nitriles is 1. The van der Waals surface area contributed by atoms with Gasteiger partial charge in [-0.15, -0.1) is 0 Å². The van der Waals surface area contributed by atoms with Crippen LogP contribution >= 0.6 is 0 Å². The molecule has 0 aliphatic rings. The average Bonchev–Trinajstić information content (AvgIpc) is 2.48. The van der Waals surface area contributed by atoms with E-state index in [-0.39, 0.29) is 18.0 Å². The molecule has 1 amide bonds. The lowest BCUT2D eigenvalue weighted by atomic mass is 10.2. The number of benzene rings is 1. The van der Waals surface area contributed by atoms with Crippen LogP contribution in [-0.2, 0) is 0 Å². The average molecular weight is 266 g/mol. The number of nitrogen functional groups attached to an aromatic ring is 1. The summed E-state index contributed by atoms with van der Waals surface area (Å²) < 4.78 is 0. The molecule has 0 spiro atoms. The lowest BCUT2D eigenvalue weighted by Gasteiger charge is -2.21. The van der Waals surface area contributed by atoms with E-state index in [0.29, 0.717) is 12.2 Å². The van der Waals surface area contributed by atoms with Gasteiger partial charge in [-0.05, 0) is 24.3 Å². The number of para-hydroxylation sites is 1. The first-order chi connectivity index (χ1) is 9.72. The minimum Gasteiger partial charge on any atom is -0.399 e. The third-order valence-electron chi connectivity index (χ3n) is 2.76. The number of aromatic nitrogens is 1. The summed E-state index contributed by atoms with van der Waals surface area (Å²) >= 11 is 0. The van der Waals surface area contributed by atoms with Gasteiger partial charge in [0, 0.05) is 24.1 Å². The van der Waals surface area contributed by atoms with Gasteiger partial charge in [-0.2, -0.15) is 5.26 Å². The van der Waals surface area contributed by atoms with Gasteiger partial charge in [0.2, 0.25) is 0 Å². The fourth-order valence-electron chi connectivity index (χ4n) is 1.82. The van der Waals surface area contributed by atoms with E-state index in [0.717, 1.165) is 5.69 Å². The van der Waals surface area contributed by atoms with Crippen molar-refractivity contribution in [3.05, 3.63) is 54.4 Å². The number of rotatable bonds is 4. The van der Waals surface area contributed by atoms with E-state index >= 15 is 0 Å². The van der Waals surface area contributed by atoms with E-state index in [1.165, 1.54) is 17.2 Å². The maximum absolute atomic E-state index is 12.5. The van der Waals surface area contributed by atoms with Crippen LogP contribution in [0.1, 0.15) is 16.9 Å². The first-order valence-electron chi connectivity index (χ1n) is 6.18. The van der Waals surface area contributed by atoms with Crippen LogP contribution in [0.25, 0.3) is 0 Å². The maximum Gasteiger partial charge on any atom is 0.276 e. The lowest BCUT2D eigenvalue weighted by Crippen LogP contribution is -2.32. The van der Waals surface area contributed by atoms with Crippen molar-refractivity contribution in [2.24, 2.45) is 0 Å². The number of nitrogens with zero attached hydrogens (tertiary/aromatic N) is 3. The van der Waals surface area contributed by atoms with Crippen LogP contribution in [0.4, 0.5) is 11.4 Å². The molecule has 0 aliphatic heterocycles. The zero-order valence-corrected chi connectivity index (χ0v) is 10.9. The monoisotopic (exact) mass is 266 g/mol. The second kappa shape index (κ2) is 6.34. The van der Waals surface area contributed by atoms with Crippen molar-refractivity contribution in [2.75, 3.05) is 17.2 Å². The van der Waals surface area contributed by atoms with Gasteiger partial charge in [0.05, 0.1) is 12.5 Å². The van der Waals surface area contributed by atoms with Gasteiger partial charge < -0.3 is 10.6 Å². The summed E-state index contributed by atoms with van der Waals surface area (Å²) in [6.07, 6.45) is 1.75. The quantitative estimate of drug-likeness (QED) is 0.919. The molecule has 0 saturated carbocycles. The van der Waals surface area contributed by atoms with Gasteiger partial charge in [0.15, 0.2) is 0 Å². The van der Waals surface area contributed by atoms with Gasteiger partial charge in [-0.1, -0.05) is 18.2 Å². The molecule has 0 saturated heterocycles. The van der Waals surface area contributed by atoms with Crippen molar-refractivity contribution in [1.29, 1.82) is 5.26 Å². The predicted octanol–water partition coefficient (Wildman–Crippen LogP) is 2.22. The Balaban J connectivity index is 2.32. The SMILES string of the molecule is N#CCCN(C(=O)c1cc(N)ccn1)c1ccccc1. The number of pyridine rings is 1. The first kappa shape index (κ1) is 13.6. The highest BCUT2D eigenvalue weighted by molar-refractivity contribution is 6.05. The van der Waals surface area contributed by atoms with Gasteiger partial charge >= 0.3 is 0 Å². The molecule has 0 fully saturated rings. The minimum absolute atomic E-state index is 0.253. The van der Waals surface area contributed by atoms with Crippen LogP contribution in [0, 0.1) is 11.3 Å². The number of carbonyl (C=O) groups is 1. The summed E-state index contributed by atoms with van der Waals surface area (Å²) in [7, 11) is 0. The van der Waals surface area contributed by atoms with Crippen molar-refractivity contribution in [3.63, 3.8) is 0 Å². The Morgan fingerprint density at radius 1 is 1.30 bits per heavy atom. The van der Waals surface area contributed by atoms with E-state index < -0.39 is 0 Å². The lowest BCUT2D eigenvalue weighted by molar-refractivity contribution is 0.0983. The topological polar surface area (TPSA) is 83.0 Å². The molecule has 2 aromatic rings. The fourth-order valence-corrected chi connectivity index (χ4v) is 1.82. The molecule has 1 aromatic heterocycles. The molecular weight excluding hydrogens is 252 g/mol. The number of hydrogen-bond acceptors (Lipinski definition) is 4. The van der Waals surface area contributed by atoms with Crippen molar-refractivity contribution < 1.29 is 4.79 Å². The van der Waals surface area contributed by atoms with Crippen LogP contribution in [0.3, 0.4) is 0 Å². The van der Waals surface area contributed by atoms with Gasteiger partial charge in [-0.25, -0.2) is 0 Å². The molecule has 1 heterocycles. The summed E-state index contributed by atoms with van der Waals surface area (Å²) in [5.41, 5.74) is 7.16. The number of nitrogens with two attached hydrogens (primary N) is 1. The number of hydrogen-bond donors (Lipinski definition) is 1. The standard InChI is InChI=1S/C15H14N4O/c16-8-4-10-19(13-5-2-1-3-6-13)15(20)14-11-12(17)7-9-18-14/h1-3,5-7,9,11H,4,10H2,(H2,17,18). The third kappa shape index (κ3) is 3.12. The Morgan fingerprint density at radius 2 is 2.05 bits per heavy atom. The van der Waals surface area contributed by atoms with Gasteiger partial charge in [-0.3, -0.25) is 9.78 Å². The highest BCUT2D eigenvalue weighted by Crippen LogP contribution is 2.17. The van der Waals surface area contributed by atoms with Crippen LogP contribution < -0.4 is 10.6 Å². The summed E-state index contributed by atoms with van der Waals surface area (Å²) in [5.74, 6) is -0.265. The molecule has 100 valence electrons. The van der Waals surface area contributed by atoms with Crippen LogP contribution in [0.15, 0.2) is 48.7 Å². The number of carbonyl (C=O) groups excluding carboxylic acids is 1. The molecule has 5 heteroatoms. The smallest absolute Gasteiger partial charge is 0.276 e. The van der Waals surface area contributed by atoms with Crippen molar-refractivity contribution in [2.45, 2.75) is 6.42 Å².